The molecule has 2 fully saturated rings. The van der Waals surface area contributed by atoms with Crippen molar-refractivity contribution in [2.75, 3.05) is 23.3 Å². The van der Waals surface area contributed by atoms with E-state index in [4.69, 9.17) is 0 Å². The number of nitro groups is 2. The highest BCUT2D eigenvalue weighted by atomic mass is 16.6. The molecule has 1 aromatic carbocycles. The van der Waals surface area contributed by atoms with Gasteiger partial charge in [0.2, 0.25) is 5.91 Å². The van der Waals surface area contributed by atoms with E-state index in [1.807, 2.05) is 4.90 Å². The number of carbonyl (C=O) groups excluding carboxylic acids is 1. The molecule has 26 heavy (non-hydrogen) atoms. The summed E-state index contributed by atoms with van der Waals surface area (Å²) in [6.45, 7) is 1.32. The largest absolute Gasteiger partial charge is 0.366 e. The first-order valence-corrected chi connectivity index (χ1v) is 9.00. The third kappa shape index (κ3) is 3.76. The van der Waals surface area contributed by atoms with Gasteiger partial charge >= 0.3 is 0 Å². The molecule has 1 amide bonds. The van der Waals surface area contributed by atoms with E-state index in [0.717, 1.165) is 51.0 Å². The quantitative estimate of drug-likeness (QED) is 0.631. The van der Waals surface area contributed by atoms with Crippen molar-refractivity contribution in [1.82, 2.24) is 0 Å². The summed E-state index contributed by atoms with van der Waals surface area (Å²) in [4.78, 5) is 35.9. The van der Waals surface area contributed by atoms with Gasteiger partial charge in [-0.1, -0.05) is 19.3 Å². The molecule has 9 heteroatoms. The van der Waals surface area contributed by atoms with Crippen molar-refractivity contribution in [3.05, 3.63) is 32.4 Å². The normalized spacial score (nSPS) is 17.9. The van der Waals surface area contributed by atoms with Crippen LogP contribution < -0.4 is 10.2 Å². The van der Waals surface area contributed by atoms with Crippen LogP contribution in [0, 0.1) is 26.1 Å². The Hall–Kier alpha value is -2.71. The predicted molar refractivity (Wildman–Crippen MR) is 96.4 cm³/mol. The summed E-state index contributed by atoms with van der Waals surface area (Å²) < 4.78 is 0. The second-order valence-electron chi connectivity index (χ2n) is 6.89. The number of amides is 1. The number of nitrogens with one attached hydrogen (secondary N) is 1. The highest BCUT2D eigenvalue weighted by Crippen LogP contribution is 2.39. The van der Waals surface area contributed by atoms with Gasteiger partial charge in [0, 0.05) is 19.0 Å². The third-order valence-corrected chi connectivity index (χ3v) is 5.17. The van der Waals surface area contributed by atoms with Gasteiger partial charge in [-0.3, -0.25) is 25.0 Å². The molecular formula is C17H22N4O5. The summed E-state index contributed by atoms with van der Waals surface area (Å²) in [6.07, 6.45) is 6.41. The van der Waals surface area contributed by atoms with E-state index in [9.17, 15) is 25.0 Å². The van der Waals surface area contributed by atoms with Gasteiger partial charge in [0.1, 0.15) is 11.4 Å². The third-order valence-electron chi connectivity index (χ3n) is 5.17. The van der Waals surface area contributed by atoms with Crippen molar-refractivity contribution in [3.63, 3.8) is 0 Å². The number of hydrogen-bond acceptors (Lipinski definition) is 6. The lowest BCUT2D eigenvalue weighted by molar-refractivity contribution is -0.393. The smallest absolute Gasteiger partial charge is 0.299 e. The number of hydrogen-bond donors (Lipinski definition) is 1. The van der Waals surface area contributed by atoms with Gasteiger partial charge in [-0.2, -0.15) is 0 Å². The van der Waals surface area contributed by atoms with E-state index in [1.165, 1.54) is 6.07 Å². The van der Waals surface area contributed by atoms with Crippen LogP contribution in [-0.2, 0) is 4.79 Å². The molecule has 0 bridgehead atoms. The molecule has 0 unspecified atom stereocenters. The van der Waals surface area contributed by atoms with E-state index < -0.39 is 15.5 Å². The Morgan fingerprint density at radius 3 is 2.15 bits per heavy atom. The van der Waals surface area contributed by atoms with Crippen molar-refractivity contribution in [2.24, 2.45) is 5.92 Å². The lowest BCUT2D eigenvalue weighted by Gasteiger charge is -2.22. The van der Waals surface area contributed by atoms with Gasteiger partial charge < -0.3 is 10.2 Å². The van der Waals surface area contributed by atoms with Crippen molar-refractivity contribution in [2.45, 2.75) is 44.9 Å². The first kappa shape index (κ1) is 18.1. The average molecular weight is 362 g/mol. The number of nitro benzene ring substituents is 2. The van der Waals surface area contributed by atoms with Crippen LogP contribution in [0.5, 0.6) is 0 Å². The second-order valence-corrected chi connectivity index (χ2v) is 6.89. The minimum absolute atomic E-state index is 0.0399. The molecule has 9 nitrogen and oxygen atoms in total. The first-order valence-electron chi connectivity index (χ1n) is 9.00. The van der Waals surface area contributed by atoms with Gasteiger partial charge in [0.25, 0.3) is 11.4 Å². The predicted octanol–water partition coefficient (Wildman–Crippen LogP) is 3.62. The minimum atomic E-state index is -0.683. The van der Waals surface area contributed by atoms with Crippen LogP contribution in [0.15, 0.2) is 12.1 Å². The molecule has 0 aromatic heterocycles. The number of anilines is 2. The van der Waals surface area contributed by atoms with E-state index in [0.29, 0.717) is 18.8 Å². The molecule has 0 radical (unpaired) electrons. The second kappa shape index (κ2) is 7.67. The molecule has 1 saturated heterocycles. The maximum Gasteiger partial charge on any atom is 0.299 e. The molecule has 2 aliphatic rings. The Bertz CT molecular complexity index is 724. The summed E-state index contributed by atoms with van der Waals surface area (Å²) in [7, 11) is 0. The number of nitrogens with zero attached hydrogens (tertiary/aromatic N) is 3. The van der Waals surface area contributed by atoms with E-state index >= 15 is 0 Å². The maximum atomic E-state index is 12.5. The minimum Gasteiger partial charge on any atom is -0.366 e. The van der Waals surface area contributed by atoms with Crippen LogP contribution in [0.1, 0.15) is 44.9 Å². The lowest BCUT2D eigenvalue weighted by atomic mass is 9.88. The first-order chi connectivity index (χ1) is 12.5. The summed E-state index contributed by atoms with van der Waals surface area (Å²) in [6, 6.07) is 2.35. The molecule has 0 atom stereocenters. The highest BCUT2D eigenvalue weighted by molar-refractivity contribution is 5.96. The fourth-order valence-corrected chi connectivity index (χ4v) is 3.77. The van der Waals surface area contributed by atoms with Crippen molar-refractivity contribution in [3.8, 4) is 0 Å². The number of rotatable bonds is 5. The Kier molecular flexibility index (Phi) is 5.34. The molecule has 140 valence electrons. The molecule has 1 N–H and O–H groups in total. The maximum absolute atomic E-state index is 12.5. The van der Waals surface area contributed by atoms with E-state index in [2.05, 4.69) is 5.32 Å². The van der Waals surface area contributed by atoms with Crippen LogP contribution in [0.4, 0.5) is 22.7 Å². The monoisotopic (exact) mass is 362 g/mol. The Balaban J connectivity index is 1.96. The topological polar surface area (TPSA) is 119 Å². The van der Waals surface area contributed by atoms with Crippen LogP contribution >= 0.6 is 0 Å². The Morgan fingerprint density at radius 2 is 1.58 bits per heavy atom. The van der Waals surface area contributed by atoms with Crippen LogP contribution in [0.3, 0.4) is 0 Å². The molecule has 1 heterocycles. The number of benzene rings is 1. The summed E-state index contributed by atoms with van der Waals surface area (Å²) in [5, 5.41) is 25.5. The van der Waals surface area contributed by atoms with Crippen LogP contribution in [-0.4, -0.2) is 28.8 Å². The average Bonchev–Trinajstić information content (AvgIpc) is 3.16. The fourth-order valence-electron chi connectivity index (χ4n) is 3.77. The fraction of sp³-hybridized carbons (Fsp3) is 0.588. The van der Waals surface area contributed by atoms with Crippen molar-refractivity contribution >= 4 is 28.7 Å². The lowest BCUT2D eigenvalue weighted by Crippen LogP contribution is -2.25. The Morgan fingerprint density at radius 1 is 0.962 bits per heavy atom. The molecule has 1 aliphatic carbocycles. The summed E-state index contributed by atoms with van der Waals surface area (Å²) >= 11 is 0. The molecule has 1 saturated carbocycles. The molecular weight excluding hydrogens is 340 g/mol. The SMILES string of the molecule is O=C(Nc1cc(N2CCCC2)c([N+](=O)[O-])cc1[N+](=O)[O-])C1CCCCC1. The van der Waals surface area contributed by atoms with Gasteiger partial charge in [0.05, 0.1) is 15.9 Å². The zero-order valence-corrected chi connectivity index (χ0v) is 14.5. The van der Waals surface area contributed by atoms with Gasteiger partial charge in [-0.05, 0) is 31.7 Å². The molecule has 0 spiro atoms. The van der Waals surface area contributed by atoms with E-state index in [-0.39, 0.29) is 23.2 Å². The van der Waals surface area contributed by atoms with Gasteiger partial charge in [-0.15, -0.1) is 0 Å². The van der Waals surface area contributed by atoms with Crippen molar-refractivity contribution < 1.29 is 14.6 Å². The van der Waals surface area contributed by atoms with Crippen LogP contribution in [0.25, 0.3) is 0 Å². The van der Waals surface area contributed by atoms with Crippen LogP contribution in [0.2, 0.25) is 0 Å². The molecule has 3 rings (SSSR count). The standard InChI is InChI=1S/C17H22N4O5/c22-17(12-6-2-1-3-7-12)18-13-10-15(19-8-4-5-9-19)16(21(25)26)11-14(13)20(23)24/h10-12H,1-9H2,(H,18,22). The highest BCUT2D eigenvalue weighted by Gasteiger charge is 2.30. The summed E-state index contributed by atoms with van der Waals surface area (Å²) in [5.41, 5.74) is -0.367. The van der Waals surface area contributed by atoms with E-state index in [1.54, 1.807) is 0 Å². The molecule has 1 aromatic rings. The zero-order valence-electron chi connectivity index (χ0n) is 14.5. The molecule has 1 aliphatic heterocycles. The van der Waals surface area contributed by atoms with Gasteiger partial charge in [-0.25, -0.2) is 0 Å². The number of carbonyl (C=O) groups is 1. The summed E-state index contributed by atoms with van der Waals surface area (Å²) in [5.74, 6) is -0.400. The van der Waals surface area contributed by atoms with Gasteiger partial charge in [0.15, 0.2) is 0 Å². The zero-order chi connectivity index (χ0) is 18.7. The van der Waals surface area contributed by atoms with Crippen molar-refractivity contribution in [1.29, 1.82) is 0 Å². The Labute approximate surface area is 150 Å².